The van der Waals surface area contributed by atoms with Crippen LogP contribution in [0, 0.1) is 6.92 Å². The minimum absolute atomic E-state index is 0.744. The third-order valence-electron chi connectivity index (χ3n) is 3.79. The lowest BCUT2D eigenvalue weighted by Gasteiger charge is -2.01. The maximum atomic E-state index is 4.26. The Hall–Kier alpha value is -2.62. The van der Waals surface area contributed by atoms with Gasteiger partial charge in [0.25, 0.3) is 0 Å². The van der Waals surface area contributed by atoms with Crippen LogP contribution in [0.25, 0.3) is 16.6 Å². The van der Waals surface area contributed by atoms with Gasteiger partial charge in [-0.05, 0) is 42.3 Å². The highest BCUT2D eigenvalue weighted by atomic mass is 15.4. The Morgan fingerprint density at radius 2 is 1.80 bits per heavy atom. The van der Waals surface area contributed by atoms with Crippen molar-refractivity contribution < 1.29 is 0 Å². The maximum absolute atomic E-state index is 4.26. The summed E-state index contributed by atoms with van der Waals surface area (Å²) in [5, 5.41) is 8.46. The number of para-hydroxylation sites is 1. The van der Waals surface area contributed by atoms with Crippen LogP contribution < -0.4 is 0 Å². The molecular weight excluding hydrogens is 248 g/mol. The van der Waals surface area contributed by atoms with Crippen molar-refractivity contribution in [3.63, 3.8) is 0 Å². The van der Waals surface area contributed by atoms with Crippen molar-refractivity contribution in [2.75, 3.05) is 0 Å². The molecule has 0 spiro atoms. The number of nitrogens with zero attached hydrogens (tertiary/aromatic N) is 4. The van der Waals surface area contributed by atoms with Gasteiger partial charge in [0.1, 0.15) is 5.52 Å². The number of fused-ring (bicyclic) bond motifs is 2. The van der Waals surface area contributed by atoms with Crippen LogP contribution in [-0.4, -0.2) is 19.4 Å². The van der Waals surface area contributed by atoms with E-state index in [0.717, 1.165) is 17.6 Å². The van der Waals surface area contributed by atoms with Gasteiger partial charge in [-0.3, -0.25) is 0 Å². The van der Waals surface area contributed by atoms with E-state index in [1.807, 2.05) is 28.9 Å². The second kappa shape index (κ2) is 4.20. The highest BCUT2D eigenvalue weighted by Gasteiger charge is 2.09. The zero-order valence-corrected chi connectivity index (χ0v) is 11.2. The first-order chi connectivity index (χ1) is 9.83. The van der Waals surface area contributed by atoms with Crippen LogP contribution in [0.3, 0.4) is 0 Å². The van der Waals surface area contributed by atoms with Gasteiger partial charge in [0, 0.05) is 17.9 Å². The molecule has 0 radical (unpaired) electrons. The van der Waals surface area contributed by atoms with Crippen LogP contribution in [0.2, 0.25) is 0 Å². The second-order valence-corrected chi connectivity index (χ2v) is 5.01. The number of benzene rings is 1. The van der Waals surface area contributed by atoms with Gasteiger partial charge in [-0.2, -0.15) is 0 Å². The van der Waals surface area contributed by atoms with E-state index in [2.05, 4.69) is 52.2 Å². The number of aryl methyl sites for hydroxylation is 1. The van der Waals surface area contributed by atoms with E-state index in [1.165, 1.54) is 16.6 Å². The predicted octanol–water partition coefficient (Wildman–Crippen LogP) is 3.04. The monoisotopic (exact) mass is 262 g/mol. The SMILES string of the molecule is Cc1c(Cn2nnc3ccccc32)cn2ccccc12. The average Bonchev–Trinajstić information content (AvgIpc) is 3.03. The number of pyridine rings is 1. The largest absolute Gasteiger partial charge is 0.323 e. The van der Waals surface area contributed by atoms with Gasteiger partial charge in [0.05, 0.1) is 12.1 Å². The normalized spacial score (nSPS) is 11.4. The Kier molecular flexibility index (Phi) is 2.36. The summed E-state index contributed by atoms with van der Waals surface area (Å²) in [4.78, 5) is 0. The van der Waals surface area contributed by atoms with Crippen LogP contribution in [0.4, 0.5) is 0 Å². The first-order valence-corrected chi connectivity index (χ1v) is 6.66. The summed E-state index contributed by atoms with van der Waals surface area (Å²) in [6.45, 7) is 2.90. The lowest BCUT2D eigenvalue weighted by Crippen LogP contribution is -2.01. The number of hydrogen-bond acceptors (Lipinski definition) is 2. The summed E-state index contributed by atoms with van der Waals surface area (Å²) in [6, 6.07) is 14.3. The molecule has 0 saturated heterocycles. The van der Waals surface area contributed by atoms with E-state index >= 15 is 0 Å². The van der Waals surface area contributed by atoms with Crippen LogP contribution >= 0.6 is 0 Å². The van der Waals surface area contributed by atoms with Crippen LogP contribution in [0.15, 0.2) is 54.9 Å². The molecule has 98 valence electrons. The Labute approximate surface area is 116 Å². The van der Waals surface area contributed by atoms with Gasteiger partial charge in [-0.1, -0.05) is 23.4 Å². The molecule has 4 nitrogen and oxygen atoms in total. The fourth-order valence-corrected chi connectivity index (χ4v) is 2.67. The summed E-state index contributed by atoms with van der Waals surface area (Å²) in [5.41, 5.74) is 5.82. The van der Waals surface area contributed by atoms with Crippen molar-refractivity contribution in [1.82, 2.24) is 19.4 Å². The zero-order chi connectivity index (χ0) is 13.5. The van der Waals surface area contributed by atoms with E-state index in [9.17, 15) is 0 Å². The molecule has 20 heavy (non-hydrogen) atoms. The molecule has 3 heterocycles. The Balaban J connectivity index is 1.83. The van der Waals surface area contributed by atoms with E-state index < -0.39 is 0 Å². The summed E-state index contributed by atoms with van der Waals surface area (Å²) in [6.07, 6.45) is 4.24. The van der Waals surface area contributed by atoms with Crippen LogP contribution in [-0.2, 0) is 6.54 Å². The first-order valence-electron chi connectivity index (χ1n) is 6.66. The lowest BCUT2D eigenvalue weighted by molar-refractivity contribution is 0.668. The van der Waals surface area contributed by atoms with Gasteiger partial charge >= 0.3 is 0 Å². The molecule has 3 aromatic heterocycles. The highest BCUT2D eigenvalue weighted by Crippen LogP contribution is 2.19. The lowest BCUT2D eigenvalue weighted by atomic mass is 10.2. The zero-order valence-electron chi connectivity index (χ0n) is 11.2. The molecular formula is C16H14N4. The minimum Gasteiger partial charge on any atom is -0.323 e. The first kappa shape index (κ1) is 11.2. The molecule has 0 aliphatic rings. The van der Waals surface area contributed by atoms with Crippen molar-refractivity contribution >= 4 is 16.6 Å². The smallest absolute Gasteiger partial charge is 0.113 e. The summed E-state index contributed by atoms with van der Waals surface area (Å²) >= 11 is 0. The Morgan fingerprint density at radius 3 is 2.70 bits per heavy atom. The quantitative estimate of drug-likeness (QED) is 0.556. The summed E-state index contributed by atoms with van der Waals surface area (Å²) < 4.78 is 4.11. The third-order valence-corrected chi connectivity index (χ3v) is 3.79. The van der Waals surface area contributed by atoms with Crippen molar-refractivity contribution in [1.29, 1.82) is 0 Å². The molecule has 0 amide bonds. The molecule has 0 aliphatic heterocycles. The summed E-state index contributed by atoms with van der Waals surface area (Å²) in [5.74, 6) is 0. The minimum atomic E-state index is 0.744. The topological polar surface area (TPSA) is 35.1 Å². The molecule has 0 aliphatic carbocycles. The third kappa shape index (κ3) is 1.61. The fourth-order valence-electron chi connectivity index (χ4n) is 2.67. The molecule has 4 aromatic rings. The fraction of sp³-hybridized carbons (Fsp3) is 0.125. The van der Waals surface area contributed by atoms with Crippen molar-refractivity contribution in [3.05, 3.63) is 66.0 Å². The number of hydrogen-bond donors (Lipinski definition) is 0. The van der Waals surface area contributed by atoms with Crippen LogP contribution in [0.1, 0.15) is 11.1 Å². The number of rotatable bonds is 2. The number of aromatic nitrogens is 4. The van der Waals surface area contributed by atoms with E-state index in [1.54, 1.807) is 0 Å². The molecule has 0 atom stereocenters. The van der Waals surface area contributed by atoms with Gasteiger partial charge in [-0.15, -0.1) is 5.10 Å². The van der Waals surface area contributed by atoms with Gasteiger partial charge in [0.2, 0.25) is 0 Å². The van der Waals surface area contributed by atoms with Gasteiger partial charge in [0.15, 0.2) is 0 Å². The second-order valence-electron chi connectivity index (χ2n) is 5.01. The van der Waals surface area contributed by atoms with Gasteiger partial charge < -0.3 is 4.40 Å². The molecule has 0 N–H and O–H groups in total. The average molecular weight is 262 g/mol. The van der Waals surface area contributed by atoms with Crippen LogP contribution in [0.5, 0.6) is 0 Å². The molecule has 1 aromatic carbocycles. The highest BCUT2D eigenvalue weighted by molar-refractivity contribution is 5.74. The molecule has 0 unspecified atom stereocenters. The summed E-state index contributed by atoms with van der Waals surface area (Å²) in [7, 11) is 0. The van der Waals surface area contributed by atoms with Gasteiger partial charge in [-0.25, -0.2) is 4.68 Å². The van der Waals surface area contributed by atoms with E-state index in [-0.39, 0.29) is 0 Å². The van der Waals surface area contributed by atoms with Crippen molar-refractivity contribution in [2.45, 2.75) is 13.5 Å². The standard InChI is InChI=1S/C16H14N4/c1-12-13(10-19-9-5-4-7-15(12)19)11-20-16-8-3-2-6-14(16)17-18-20/h2-10H,11H2,1H3. The van der Waals surface area contributed by atoms with E-state index in [0.29, 0.717) is 0 Å². The molecule has 0 fully saturated rings. The predicted molar refractivity (Wildman–Crippen MR) is 78.8 cm³/mol. The molecule has 4 rings (SSSR count). The molecule has 4 heteroatoms. The van der Waals surface area contributed by atoms with Crippen molar-refractivity contribution in [2.24, 2.45) is 0 Å². The Bertz CT molecular complexity index is 901. The van der Waals surface area contributed by atoms with Crippen molar-refractivity contribution in [3.8, 4) is 0 Å². The maximum Gasteiger partial charge on any atom is 0.113 e. The Morgan fingerprint density at radius 1 is 1.00 bits per heavy atom. The molecule has 0 saturated carbocycles. The van der Waals surface area contributed by atoms with E-state index in [4.69, 9.17) is 0 Å². The molecule has 0 bridgehead atoms.